The Morgan fingerprint density at radius 2 is 1.91 bits per heavy atom. The minimum Gasteiger partial charge on any atom is -0.505 e. The highest BCUT2D eigenvalue weighted by Gasteiger charge is 2.16. The van der Waals surface area contributed by atoms with Gasteiger partial charge in [0.25, 0.3) is 5.56 Å². The molecule has 0 bridgehead atoms. The first kappa shape index (κ1) is 20.9. The molecule has 0 fully saturated rings. The molecular weight excluding hydrogens is 440 g/mol. The number of phenols is 1. The van der Waals surface area contributed by atoms with Gasteiger partial charge in [0.05, 0.1) is 5.69 Å². The van der Waals surface area contributed by atoms with E-state index in [-0.39, 0.29) is 22.0 Å². The Morgan fingerprint density at radius 3 is 2.73 bits per heavy atom. The van der Waals surface area contributed by atoms with Gasteiger partial charge in [-0.1, -0.05) is 30.3 Å². The fraction of sp³-hybridized carbons (Fsp3) is 0.167. The van der Waals surface area contributed by atoms with Crippen LogP contribution in [0.2, 0.25) is 0 Å². The zero-order valence-electron chi connectivity index (χ0n) is 17.5. The van der Waals surface area contributed by atoms with E-state index >= 15 is 0 Å². The Labute approximate surface area is 192 Å². The summed E-state index contributed by atoms with van der Waals surface area (Å²) in [7, 11) is 0. The molecule has 0 amide bonds. The van der Waals surface area contributed by atoms with Crippen LogP contribution in [-0.4, -0.2) is 26.4 Å². The molecule has 0 radical (unpaired) electrons. The van der Waals surface area contributed by atoms with Crippen LogP contribution in [0.1, 0.15) is 38.5 Å². The number of fused-ring (bicyclic) bond motifs is 1. The molecule has 0 saturated carbocycles. The van der Waals surface area contributed by atoms with Crippen LogP contribution in [-0.2, 0) is 19.3 Å². The largest absolute Gasteiger partial charge is 0.505 e. The molecule has 9 heteroatoms. The average Bonchev–Trinajstić information content (AvgIpc) is 3.54. The zero-order chi connectivity index (χ0) is 22.9. The molecule has 1 aliphatic carbocycles. The molecule has 33 heavy (non-hydrogen) atoms. The number of carboxylic acids is 1. The van der Waals surface area contributed by atoms with Gasteiger partial charge in [-0.05, 0) is 59.0 Å². The van der Waals surface area contributed by atoms with Gasteiger partial charge in [-0.15, -0.1) is 21.6 Å². The minimum atomic E-state index is -1.02. The van der Waals surface area contributed by atoms with Gasteiger partial charge in [0.1, 0.15) is 10.6 Å². The zero-order valence-corrected chi connectivity index (χ0v) is 18.3. The van der Waals surface area contributed by atoms with E-state index in [9.17, 15) is 14.7 Å². The number of aromatic nitrogens is 2. The van der Waals surface area contributed by atoms with E-state index < -0.39 is 11.5 Å². The summed E-state index contributed by atoms with van der Waals surface area (Å²) in [5.74, 6) is -1.16. The van der Waals surface area contributed by atoms with Crippen molar-refractivity contribution < 1.29 is 15.0 Å². The number of para-hydroxylation sites is 1. The highest BCUT2D eigenvalue weighted by atomic mass is 32.1. The van der Waals surface area contributed by atoms with E-state index in [2.05, 4.69) is 38.6 Å². The van der Waals surface area contributed by atoms with Gasteiger partial charge < -0.3 is 10.2 Å². The second-order valence-corrected chi connectivity index (χ2v) is 8.83. The smallest absolute Gasteiger partial charge is 0.345 e. The standard InChI is InChI=1S/C24H20N4O4S/c29-22-17(16-11-20(24(31)32)33-12-16)5-2-6-18(22)25-27-21-19(26-28-23(21)30)10-13-7-8-14-3-1-4-15(14)9-13/h2,5-9,11-12,29H,1,3-4,10H2,(H,31,32)(H2,26,28,30). The van der Waals surface area contributed by atoms with Crippen LogP contribution in [0.15, 0.2) is 62.9 Å². The summed E-state index contributed by atoms with van der Waals surface area (Å²) in [6, 6.07) is 12.8. The van der Waals surface area contributed by atoms with E-state index in [0.717, 1.165) is 29.7 Å². The molecule has 0 spiro atoms. The fourth-order valence-electron chi connectivity index (χ4n) is 4.10. The predicted octanol–water partition coefficient (Wildman–Crippen LogP) is 5.33. The molecule has 1 aliphatic rings. The van der Waals surface area contributed by atoms with Crippen LogP contribution in [0.4, 0.5) is 11.4 Å². The second kappa shape index (κ2) is 8.51. The van der Waals surface area contributed by atoms with Crippen LogP contribution >= 0.6 is 11.3 Å². The van der Waals surface area contributed by atoms with Gasteiger partial charge in [-0.2, -0.15) is 0 Å². The first-order chi connectivity index (χ1) is 16.0. The highest BCUT2D eigenvalue weighted by molar-refractivity contribution is 7.12. The molecule has 0 aliphatic heterocycles. The summed E-state index contributed by atoms with van der Waals surface area (Å²) in [5, 5.41) is 35.2. The summed E-state index contributed by atoms with van der Waals surface area (Å²) in [6.45, 7) is 0. The molecule has 2 aromatic heterocycles. The summed E-state index contributed by atoms with van der Waals surface area (Å²) in [4.78, 5) is 23.7. The van der Waals surface area contributed by atoms with Gasteiger partial charge in [0, 0.05) is 12.0 Å². The molecule has 8 nitrogen and oxygen atoms in total. The third-order valence-corrected chi connectivity index (χ3v) is 6.68. The van der Waals surface area contributed by atoms with Gasteiger partial charge in [0.2, 0.25) is 0 Å². The lowest BCUT2D eigenvalue weighted by molar-refractivity contribution is 0.0702. The SMILES string of the molecule is O=C(O)c1cc(-c2cccc(N=Nc3c(Cc4ccc5c(c4)CCC5)[nH][nH]c3=O)c2O)cs1. The van der Waals surface area contributed by atoms with Crippen molar-refractivity contribution in [2.75, 3.05) is 0 Å². The number of hydrogen-bond donors (Lipinski definition) is 4. The lowest BCUT2D eigenvalue weighted by Gasteiger charge is -2.05. The number of nitrogens with zero attached hydrogens (tertiary/aromatic N) is 2. The van der Waals surface area contributed by atoms with Crippen LogP contribution in [0.3, 0.4) is 0 Å². The number of nitrogens with one attached hydrogen (secondary N) is 2. The maximum absolute atomic E-state index is 12.3. The van der Waals surface area contributed by atoms with Crippen LogP contribution in [0.25, 0.3) is 11.1 Å². The quantitative estimate of drug-likeness (QED) is 0.290. The lowest BCUT2D eigenvalue weighted by Crippen LogP contribution is -1.97. The number of thiophene rings is 1. The van der Waals surface area contributed by atoms with E-state index in [1.807, 2.05) is 0 Å². The first-order valence-electron chi connectivity index (χ1n) is 10.5. The molecule has 5 rings (SSSR count). The Kier molecular flexibility index (Phi) is 5.39. The number of azo groups is 1. The molecule has 0 saturated heterocycles. The molecular formula is C24H20N4O4S. The van der Waals surface area contributed by atoms with Crippen molar-refractivity contribution in [3.05, 3.63) is 85.5 Å². The third kappa shape index (κ3) is 4.10. The number of hydrogen-bond acceptors (Lipinski definition) is 6. The van der Waals surface area contributed by atoms with E-state index in [1.165, 1.54) is 23.6 Å². The van der Waals surface area contributed by atoms with Crippen molar-refractivity contribution in [1.29, 1.82) is 0 Å². The van der Waals surface area contributed by atoms with Crippen LogP contribution in [0, 0.1) is 0 Å². The highest BCUT2D eigenvalue weighted by Crippen LogP contribution is 2.39. The average molecular weight is 461 g/mol. The van der Waals surface area contributed by atoms with E-state index in [0.29, 0.717) is 23.2 Å². The predicted molar refractivity (Wildman–Crippen MR) is 125 cm³/mol. The third-order valence-electron chi connectivity index (χ3n) is 5.77. The number of aromatic carboxylic acids is 1. The topological polar surface area (TPSA) is 131 Å². The summed E-state index contributed by atoms with van der Waals surface area (Å²) < 4.78 is 0. The van der Waals surface area contributed by atoms with Crippen LogP contribution in [0.5, 0.6) is 5.75 Å². The molecule has 2 heterocycles. The number of aryl methyl sites for hydroxylation is 2. The summed E-state index contributed by atoms with van der Waals surface area (Å²) in [5.41, 5.74) is 5.39. The van der Waals surface area contributed by atoms with Crippen molar-refractivity contribution in [2.45, 2.75) is 25.7 Å². The number of H-pyrrole nitrogens is 2. The number of aromatic amines is 2. The van der Waals surface area contributed by atoms with Crippen molar-refractivity contribution in [2.24, 2.45) is 10.2 Å². The number of rotatable bonds is 6. The number of carbonyl (C=O) groups is 1. The second-order valence-electron chi connectivity index (χ2n) is 7.92. The molecule has 0 atom stereocenters. The maximum atomic E-state index is 12.3. The fourth-order valence-corrected chi connectivity index (χ4v) is 4.84. The number of aromatic hydroxyl groups is 1. The summed E-state index contributed by atoms with van der Waals surface area (Å²) >= 11 is 1.08. The number of phenolic OH excluding ortho intramolecular Hbond substituents is 1. The van der Waals surface area contributed by atoms with Crippen molar-refractivity contribution >= 4 is 28.7 Å². The monoisotopic (exact) mass is 460 g/mol. The number of carboxylic acid groups (broad SMARTS) is 1. The minimum absolute atomic E-state index is 0.136. The van der Waals surface area contributed by atoms with E-state index in [4.69, 9.17) is 5.11 Å². The normalized spacial score (nSPS) is 13.0. The van der Waals surface area contributed by atoms with Crippen LogP contribution < -0.4 is 5.56 Å². The van der Waals surface area contributed by atoms with Gasteiger partial charge in [0.15, 0.2) is 11.4 Å². The number of benzene rings is 2. The first-order valence-corrected chi connectivity index (χ1v) is 11.3. The maximum Gasteiger partial charge on any atom is 0.345 e. The Balaban J connectivity index is 1.43. The van der Waals surface area contributed by atoms with Gasteiger partial charge in [-0.3, -0.25) is 15.0 Å². The molecule has 4 N–H and O–H groups in total. The van der Waals surface area contributed by atoms with Crippen molar-refractivity contribution in [1.82, 2.24) is 10.2 Å². The molecule has 4 aromatic rings. The molecule has 166 valence electrons. The Hall–Kier alpha value is -3.98. The van der Waals surface area contributed by atoms with Crippen molar-refractivity contribution in [3.63, 3.8) is 0 Å². The molecule has 0 unspecified atom stereocenters. The Bertz CT molecular complexity index is 1450. The summed E-state index contributed by atoms with van der Waals surface area (Å²) in [6.07, 6.45) is 3.86. The van der Waals surface area contributed by atoms with E-state index in [1.54, 1.807) is 23.6 Å². The lowest BCUT2D eigenvalue weighted by atomic mass is 10.0. The van der Waals surface area contributed by atoms with Gasteiger partial charge in [-0.25, -0.2) is 4.79 Å². The Morgan fingerprint density at radius 1 is 1.06 bits per heavy atom. The molecule has 2 aromatic carbocycles. The van der Waals surface area contributed by atoms with Crippen molar-refractivity contribution in [3.8, 4) is 16.9 Å². The van der Waals surface area contributed by atoms with Gasteiger partial charge >= 0.3 is 5.97 Å².